The molecular formula is C9H19NSi. The standard InChI is InChI=1S/C9H19NSi/c1-6-7-8-9-11(4,5)10(2)3/h6-8H,1,9H2,2-5H3/b8-7+. The Labute approximate surface area is 71.5 Å². The van der Waals surface area contributed by atoms with Gasteiger partial charge in [0.25, 0.3) is 0 Å². The molecule has 0 aliphatic heterocycles. The molecule has 1 nitrogen and oxygen atoms in total. The van der Waals surface area contributed by atoms with Gasteiger partial charge in [0, 0.05) is 0 Å². The number of allylic oxidation sites excluding steroid dienone is 3. The van der Waals surface area contributed by atoms with Gasteiger partial charge in [0.15, 0.2) is 0 Å². The van der Waals surface area contributed by atoms with Gasteiger partial charge in [0.1, 0.15) is 8.24 Å². The highest BCUT2D eigenvalue weighted by Gasteiger charge is 2.21. The third kappa shape index (κ3) is 4.17. The van der Waals surface area contributed by atoms with E-state index in [9.17, 15) is 0 Å². The second kappa shape index (κ2) is 4.52. The molecule has 64 valence electrons. The van der Waals surface area contributed by atoms with Crippen LogP contribution in [0.4, 0.5) is 0 Å². The number of nitrogens with zero attached hydrogens (tertiary/aromatic N) is 1. The Morgan fingerprint density at radius 3 is 2.27 bits per heavy atom. The van der Waals surface area contributed by atoms with Gasteiger partial charge < -0.3 is 4.57 Å². The quantitative estimate of drug-likeness (QED) is 0.462. The fraction of sp³-hybridized carbons (Fsp3) is 0.556. The topological polar surface area (TPSA) is 3.24 Å². The number of hydrogen-bond acceptors (Lipinski definition) is 1. The zero-order valence-electron chi connectivity index (χ0n) is 8.09. The van der Waals surface area contributed by atoms with Crippen LogP contribution in [0.5, 0.6) is 0 Å². The summed E-state index contributed by atoms with van der Waals surface area (Å²) in [6.07, 6.45) is 6.07. The second-order valence-corrected chi connectivity index (χ2v) is 8.50. The van der Waals surface area contributed by atoms with E-state index in [2.05, 4.69) is 44.4 Å². The van der Waals surface area contributed by atoms with E-state index >= 15 is 0 Å². The highest BCUT2D eigenvalue weighted by Crippen LogP contribution is 2.11. The average molecular weight is 169 g/mol. The molecule has 2 heteroatoms. The van der Waals surface area contributed by atoms with Crippen LogP contribution in [0.3, 0.4) is 0 Å². The molecule has 0 saturated heterocycles. The van der Waals surface area contributed by atoms with Gasteiger partial charge in [-0.2, -0.15) is 0 Å². The van der Waals surface area contributed by atoms with Crippen LogP contribution >= 0.6 is 0 Å². The Hall–Kier alpha value is -0.343. The van der Waals surface area contributed by atoms with Crippen molar-refractivity contribution in [1.29, 1.82) is 0 Å². The van der Waals surface area contributed by atoms with E-state index in [1.54, 1.807) is 0 Å². The predicted molar refractivity (Wildman–Crippen MR) is 55.3 cm³/mol. The van der Waals surface area contributed by atoms with E-state index < -0.39 is 8.24 Å². The molecule has 0 aromatic carbocycles. The van der Waals surface area contributed by atoms with Crippen LogP contribution in [-0.2, 0) is 0 Å². The van der Waals surface area contributed by atoms with Crippen LogP contribution in [0, 0.1) is 0 Å². The molecule has 0 radical (unpaired) electrons. The monoisotopic (exact) mass is 169 g/mol. The fourth-order valence-corrected chi connectivity index (χ4v) is 1.71. The normalized spacial score (nSPS) is 12.8. The first-order valence-electron chi connectivity index (χ1n) is 3.95. The maximum Gasteiger partial charge on any atom is 0.125 e. The average Bonchev–Trinajstić information content (AvgIpc) is 1.88. The molecule has 0 amide bonds. The molecule has 0 aromatic heterocycles. The Morgan fingerprint density at radius 2 is 1.91 bits per heavy atom. The lowest BCUT2D eigenvalue weighted by atomic mass is 10.5. The minimum Gasteiger partial charge on any atom is -0.329 e. The van der Waals surface area contributed by atoms with Crippen molar-refractivity contribution in [3.63, 3.8) is 0 Å². The molecule has 0 N–H and O–H groups in total. The maximum atomic E-state index is 3.64. The number of hydrogen-bond donors (Lipinski definition) is 0. The summed E-state index contributed by atoms with van der Waals surface area (Å²) in [6, 6.07) is 1.20. The van der Waals surface area contributed by atoms with E-state index in [1.165, 1.54) is 6.04 Å². The molecule has 0 spiro atoms. The summed E-state index contributed by atoms with van der Waals surface area (Å²) in [7, 11) is 3.20. The van der Waals surface area contributed by atoms with Crippen molar-refractivity contribution in [3.05, 3.63) is 24.8 Å². The summed E-state index contributed by atoms with van der Waals surface area (Å²) < 4.78 is 2.36. The Morgan fingerprint density at radius 1 is 1.36 bits per heavy atom. The number of rotatable bonds is 4. The summed E-state index contributed by atoms with van der Waals surface area (Å²) in [6.45, 7) is 8.36. The molecule has 0 saturated carbocycles. The van der Waals surface area contributed by atoms with Gasteiger partial charge in [-0.05, 0) is 20.1 Å². The third-order valence-corrected chi connectivity index (χ3v) is 5.76. The highest BCUT2D eigenvalue weighted by molar-refractivity contribution is 6.74. The first-order valence-corrected chi connectivity index (χ1v) is 7.11. The van der Waals surface area contributed by atoms with Crippen LogP contribution in [0.15, 0.2) is 24.8 Å². The van der Waals surface area contributed by atoms with Crippen molar-refractivity contribution >= 4 is 8.24 Å². The predicted octanol–water partition coefficient (Wildman–Crippen LogP) is 2.50. The molecule has 0 heterocycles. The lowest BCUT2D eigenvalue weighted by Crippen LogP contribution is -2.42. The molecule has 0 unspecified atom stereocenters. The van der Waals surface area contributed by atoms with E-state index in [-0.39, 0.29) is 0 Å². The summed E-state index contributed by atoms with van der Waals surface area (Å²) in [5.41, 5.74) is 0. The Bertz CT molecular complexity index is 148. The maximum absolute atomic E-state index is 3.64. The summed E-state index contributed by atoms with van der Waals surface area (Å²) in [4.78, 5) is 0. The van der Waals surface area contributed by atoms with E-state index in [0.717, 1.165) is 0 Å². The smallest absolute Gasteiger partial charge is 0.125 e. The summed E-state index contributed by atoms with van der Waals surface area (Å²) in [5.74, 6) is 0. The van der Waals surface area contributed by atoms with E-state index in [0.29, 0.717) is 0 Å². The molecule has 0 fully saturated rings. The molecule has 0 bridgehead atoms. The third-order valence-electron chi connectivity index (χ3n) is 2.10. The Kier molecular flexibility index (Phi) is 4.38. The van der Waals surface area contributed by atoms with Crippen LogP contribution in [0.25, 0.3) is 0 Å². The molecule has 0 aliphatic rings. The van der Waals surface area contributed by atoms with Crippen LogP contribution in [0.2, 0.25) is 19.1 Å². The van der Waals surface area contributed by atoms with Gasteiger partial charge >= 0.3 is 0 Å². The van der Waals surface area contributed by atoms with Gasteiger partial charge in [0.05, 0.1) is 0 Å². The fourth-order valence-electron chi connectivity index (χ4n) is 0.635. The second-order valence-electron chi connectivity index (χ2n) is 3.57. The van der Waals surface area contributed by atoms with Crippen molar-refractivity contribution in [2.45, 2.75) is 19.1 Å². The SMILES string of the molecule is C=C/C=C/C[Si](C)(C)N(C)C. The highest BCUT2D eigenvalue weighted by atomic mass is 28.3. The van der Waals surface area contributed by atoms with Gasteiger partial charge in [-0.1, -0.05) is 37.9 Å². The van der Waals surface area contributed by atoms with Crippen molar-refractivity contribution in [1.82, 2.24) is 4.57 Å². The molecular weight excluding hydrogens is 150 g/mol. The van der Waals surface area contributed by atoms with Crippen molar-refractivity contribution in [2.24, 2.45) is 0 Å². The lowest BCUT2D eigenvalue weighted by molar-refractivity contribution is 0.622. The van der Waals surface area contributed by atoms with Crippen molar-refractivity contribution in [3.8, 4) is 0 Å². The zero-order valence-corrected chi connectivity index (χ0v) is 9.09. The van der Waals surface area contributed by atoms with Gasteiger partial charge in [0.2, 0.25) is 0 Å². The van der Waals surface area contributed by atoms with E-state index in [1.807, 2.05) is 12.2 Å². The summed E-state index contributed by atoms with van der Waals surface area (Å²) >= 11 is 0. The van der Waals surface area contributed by atoms with Gasteiger partial charge in [-0.25, -0.2) is 0 Å². The van der Waals surface area contributed by atoms with Crippen molar-refractivity contribution in [2.75, 3.05) is 14.1 Å². The molecule has 0 rings (SSSR count). The first kappa shape index (κ1) is 10.7. The van der Waals surface area contributed by atoms with Gasteiger partial charge in [-0.3, -0.25) is 0 Å². The van der Waals surface area contributed by atoms with E-state index in [4.69, 9.17) is 0 Å². The molecule has 0 aromatic rings. The lowest BCUT2D eigenvalue weighted by Gasteiger charge is -2.28. The zero-order chi connectivity index (χ0) is 8.91. The molecule has 0 atom stereocenters. The van der Waals surface area contributed by atoms with Crippen LogP contribution in [-0.4, -0.2) is 26.9 Å². The van der Waals surface area contributed by atoms with Crippen LogP contribution in [0.1, 0.15) is 0 Å². The first-order chi connectivity index (χ1) is 5.00. The largest absolute Gasteiger partial charge is 0.329 e. The summed E-state index contributed by atoms with van der Waals surface area (Å²) in [5, 5.41) is 0. The van der Waals surface area contributed by atoms with Gasteiger partial charge in [-0.15, -0.1) is 0 Å². The minimum absolute atomic E-state index is 1.12. The minimum atomic E-state index is -1.12. The Balaban J connectivity index is 3.91. The molecule has 0 aliphatic carbocycles. The van der Waals surface area contributed by atoms with Crippen LogP contribution < -0.4 is 0 Å². The van der Waals surface area contributed by atoms with Crippen molar-refractivity contribution < 1.29 is 0 Å². The molecule has 11 heavy (non-hydrogen) atoms.